The van der Waals surface area contributed by atoms with Gasteiger partial charge in [-0.15, -0.1) is 0 Å². The van der Waals surface area contributed by atoms with E-state index in [1.54, 1.807) is 0 Å². The molecule has 0 aromatic rings. The molecule has 0 unspecified atom stereocenters. The van der Waals surface area contributed by atoms with Gasteiger partial charge >= 0.3 is 0 Å². The minimum atomic E-state index is 1.11. The Kier molecular flexibility index (Phi) is 13.0. The highest BCUT2D eigenvalue weighted by Gasteiger charge is 2.10. The third kappa shape index (κ3) is 10.5. The largest absolute Gasteiger partial charge is 0.359 e. The minimum absolute atomic E-state index is 1.11. The first-order chi connectivity index (χ1) is 10.9. The number of halogens is 1. The topological polar surface area (TPSA) is 6.48 Å². The molecule has 0 atom stereocenters. The lowest BCUT2D eigenvalue weighted by Gasteiger charge is -2.21. The molecule has 0 saturated heterocycles. The van der Waals surface area contributed by atoms with Gasteiger partial charge in [-0.1, -0.05) is 80.6 Å². The van der Waals surface area contributed by atoms with Crippen LogP contribution in [0.15, 0.2) is 12.4 Å². The van der Waals surface area contributed by atoms with Crippen LogP contribution in [0, 0.1) is 0 Å². The van der Waals surface area contributed by atoms with E-state index in [4.69, 9.17) is 0 Å². The van der Waals surface area contributed by atoms with Crippen molar-refractivity contribution in [3.05, 3.63) is 12.4 Å². The summed E-state index contributed by atoms with van der Waals surface area (Å²) in [5, 5.41) is 1.13. The summed E-state index contributed by atoms with van der Waals surface area (Å²) in [5.74, 6) is 0. The maximum absolute atomic E-state index is 3.50. The molecule has 0 fully saturated rings. The first-order valence-electron chi connectivity index (χ1n) is 9.59. The average molecular weight is 373 g/mol. The van der Waals surface area contributed by atoms with Gasteiger partial charge in [-0.25, -0.2) is 0 Å². The molecule has 1 rings (SSSR count). The predicted octanol–water partition coefficient (Wildman–Crippen LogP) is 6.13. The highest BCUT2D eigenvalue weighted by atomic mass is 79.9. The van der Waals surface area contributed by atoms with Crippen molar-refractivity contribution in [2.75, 3.05) is 25.1 Å². The van der Waals surface area contributed by atoms with E-state index in [0.717, 1.165) is 12.0 Å². The molecular weight excluding hydrogens is 336 g/mol. The molecule has 1 aliphatic rings. The molecule has 3 heteroatoms. The molecule has 1 aliphatic heterocycles. The highest BCUT2D eigenvalue weighted by molar-refractivity contribution is 9.09. The van der Waals surface area contributed by atoms with Gasteiger partial charge in [0.25, 0.3) is 0 Å². The van der Waals surface area contributed by atoms with Gasteiger partial charge < -0.3 is 9.80 Å². The Morgan fingerprint density at radius 3 is 1.64 bits per heavy atom. The van der Waals surface area contributed by atoms with Crippen molar-refractivity contribution in [3.63, 3.8) is 0 Å². The smallest absolute Gasteiger partial charge is 0.0893 e. The number of alkyl halides is 1. The van der Waals surface area contributed by atoms with Crippen molar-refractivity contribution in [1.29, 1.82) is 0 Å². The van der Waals surface area contributed by atoms with Crippen molar-refractivity contribution in [2.24, 2.45) is 0 Å². The molecule has 0 aliphatic carbocycles. The van der Waals surface area contributed by atoms with Crippen LogP contribution < -0.4 is 0 Å². The fraction of sp³-hybridized carbons (Fsp3) is 0.895. The Balaban J connectivity index is 1.83. The van der Waals surface area contributed by atoms with E-state index in [-0.39, 0.29) is 0 Å². The van der Waals surface area contributed by atoms with Gasteiger partial charge in [0.15, 0.2) is 0 Å². The Labute approximate surface area is 147 Å². The number of nitrogens with zero attached hydrogens (tertiary/aromatic N) is 2. The summed E-state index contributed by atoms with van der Waals surface area (Å²) in [5.41, 5.74) is 0. The lowest BCUT2D eigenvalue weighted by atomic mass is 10.1. The third-order valence-corrected chi connectivity index (χ3v) is 5.04. The van der Waals surface area contributed by atoms with E-state index in [2.05, 4.69) is 45.1 Å². The first-order valence-corrected chi connectivity index (χ1v) is 10.7. The first kappa shape index (κ1) is 19.9. The summed E-state index contributed by atoms with van der Waals surface area (Å²) in [7, 11) is 0. The van der Waals surface area contributed by atoms with Crippen molar-refractivity contribution in [1.82, 2.24) is 9.80 Å². The molecule has 22 heavy (non-hydrogen) atoms. The Bertz CT molecular complexity index is 268. The molecule has 0 saturated carbocycles. The van der Waals surface area contributed by atoms with Crippen LogP contribution in [0.25, 0.3) is 0 Å². The highest BCUT2D eigenvalue weighted by Crippen LogP contribution is 2.13. The molecular formula is C19H37BrN2. The molecule has 130 valence electrons. The van der Waals surface area contributed by atoms with Gasteiger partial charge in [0.2, 0.25) is 0 Å². The number of rotatable bonds is 15. The van der Waals surface area contributed by atoms with Crippen LogP contribution in [-0.2, 0) is 0 Å². The summed E-state index contributed by atoms with van der Waals surface area (Å²) in [4.78, 5) is 4.91. The standard InChI is InChI=1S/C19H37BrN2/c1-2-3-4-5-6-7-8-9-10-12-15-21-17-18-22(19-21)16-13-11-14-20/h17-18H,2-16,19H2,1H3. The van der Waals surface area contributed by atoms with E-state index < -0.39 is 0 Å². The summed E-state index contributed by atoms with van der Waals surface area (Å²) in [6.45, 7) is 5.84. The molecule has 0 N–H and O–H groups in total. The van der Waals surface area contributed by atoms with E-state index in [0.29, 0.717) is 0 Å². The van der Waals surface area contributed by atoms with Crippen molar-refractivity contribution in [3.8, 4) is 0 Å². The zero-order valence-electron chi connectivity index (χ0n) is 14.7. The van der Waals surface area contributed by atoms with Crippen molar-refractivity contribution < 1.29 is 0 Å². The number of unbranched alkanes of at least 4 members (excludes halogenated alkanes) is 10. The van der Waals surface area contributed by atoms with Gasteiger partial charge in [0, 0.05) is 30.8 Å². The molecule has 0 amide bonds. The van der Waals surface area contributed by atoms with Crippen LogP contribution in [-0.4, -0.2) is 34.9 Å². The van der Waals surface area contributed by atoms with Crippen LogP contribution in [0.2, 0.25) is 0 Å². The van der Waals surface area contributed by atoms with Crippen LogP contribution in [0.1, 0.15) is 84.0 Å². The minimum Gasteiger partial charge on any atom is -0.359 e. The van der Waals surface area contributed by atoms with Crippen molar-refractivity contribution >= 4 is 15.9 Å². The Morgan fingerprint density at radius 2 is 1.14 bits per heavy atom. The lowest BCUT2D eigenvalue weighted by Crippen LogP contribution is -2.26. The maximum Gasteiger partial charge on any atom is 0.0893 e. The van der Waals surface area contributed by atoms with Gasteiger partial charge in [0.1, 0.15) is 0 Å². The van der Waals surface area contributed by atoms with Gasteiger partial charge in [-0.3, -0.25) is 0 Å². The van der Waals surface area contributed by atoms with E-state index in [1.165, 1.54) is 90.1 Å². The summed E-state index contributed by atoms with van der Waals surface area (Å²) >= 11 is 3.50. The normalized spacial score (nSPS) is 14.3. The third-order valence-electron chi connectivity index (χ3n) is 4.48. The molecule has 0 aromatic heterocycles. The quantitative estimate of drug-likeness (QED) is 0.252. The second kappa shape index (κ2) is 14.4. The number of hydrogen-bond donors (Lipinski definition) is 0. The van der Waals surface area contributed by atoms with Crippen LogP contribution in [0.3, 0.4) is 0 Å². The molecule has 2 nitrogen and oxygen atoms in total. The summed E-state index contributed by atoms with van der Waals surface area (Å²) in [6.07, 6.45) is 21.4. The van der Waals surface area contributed by atoms with Crippen LogP contribution in [0.4, 0.5) is 0 Å². The van der Waals surface area contributed by atoms with Gasteiger partial charge in [-0.05, 0) is 19.3 Å². The summed E-state index contributed by atoms with van der Waals surface area (Å²) in [6, 6.07) is 0. The van der Waals surface area contributed by atoms with Crippen LogP contribution in [0.5, 0.6) is 0 Å². The molecule has 1 heterocycles. The SMILES string of the molecule is CCCCCCCCCCCCN1C=CN(CCCCBr)C1. The maximum atomic E-state index is 3.50. The molecule has 0 spiro atoms. The fourth-order valence-corrected chi connectivity index (χ4v) is 3.41. The fourth-order valence-electron chi connectivity index (χ4n) is 3.02. The zero-order chi connectivity index (χ0) is 15.9. The molecule has 0 bridgehead atoms. The van der Waals surface area contributed by atoms with Gasteiger partial charge in [0.05, 0.1) is 6.67 Å². The number of hydrogen-bond acceptors (Lipinski definition) is 2. The molecule has 0 radical (unpaired) electrons. The van der Waals surface area contributed by atoms with Gasteiger partial charge in [-0.2, -0.15) is 0 Å². The predicted molar refractivity (Wildman–Crippen MR) is 102 cm³/mol. The average Bonchev–Trinajstić information content (AvgIpc) is 2.97. The monoisotopic (exact) mass is 372 g/mol. The Hall–Kier alpha value is -0.180. The van der Waals surface area contributed by atoms with Crippen molar-refractivity contribution in [2.45, 2.75) is 84.0 Å². The van der Waals surface area contributed by atoms with E-state index in [1.807, 2.05) is 0 Å². The second-order valence-electron chi connectivity index (χ2n) is 6.64. The van der Waals surface area contributed by atoms with E-state index >= 15 is 0 Å². The second-order valence-corrected chi connectivity index (χ2v) is 7.44. The summed E-state index contributed by atoms with van der Waals surface area (Å²) < 4.78 is 0. The zero-order valence-corrected chi connectivity index (χ0v) is 16.3. The van der Waals surface area contributed by atoms with Crippen LogP contribution >= 0.6 is 15.9 Å². The lowest BCUT2D eigenvalue weighted by molar-refractivity contribution is 0.258. The van der Waals surface area contributed by atoms with E-state index in [9.17, 15) is 0 Å². The Morgan fingerprint density at radius 1 is 0.682 bits per heavy atom. The molecule has 0 aromatic carbocycles.